The third-order valence-corrected chi connectivity index (χ3v) is 4.79. The number of hydrogen-bond acceptors (Lipinski definition) is 4. The summed E-state index contributed by atoms with van der Waals surface area (Å²) in [6.07, 6.45) is 0. The predicted molar refractivity (Wildman–Crippen MR) is 78.6 cm³/mol. The van der Waals surface area contributed by atoms with Gasteiger partial charge in [-0.25, -0.2) is 12.7 Å². The maximum Gasteiger partial charge on any atom is 0.242 e. The molecule has 0 aromatic heterocycles. The van der Waals surface area contributed by atoms with Crippen LogP contribution in [-0.4, -0.2) is 39.9 Å². The van der Waals surface area contributed by atoms with E-state index in [9.17, 15) is 8.42 Å². The number of nitrogens with two attached hydrogens (primary N) is 1. The second-order valence-electron chi connectivity index (χ2n) is 5.53. The van der Waals surface area contributed by atoms with Crippen LogP contribution in [0.5, 0.6) is 0 Å². The first-order chi connectivity index (χ1) is 8.69. The van der Waals surface area contributed by atoms with Crippen molar-refractivity contribution in [1.29, 1.82) is 0 Å². The van der Waals surface area contributed by atoms with E-state index in [4.69, 9.17) is 5.73 Å². The Balaban J connectivity index is 2.78. The van der Waals surface area contributed by atoms with Crippen molar-refractivity contribution < 1.29 is 8.42 Å². The van der Waals surface area contributed by atoms with Gasteiger partial charge in [0.25, 0.3) is 0 Å². The lowest BCUT2D eigenvalue weighted by molar-refractivity contribution is 0.405. The lowest BCUT2D eigenvalue weighted by Gasteiger charge is -2.23. The summed E-state index contributed by atoms with van der Waals surface area (Å²) in [7, 11) is -0.318. The maximum absolute atomic E-state index is 11.9. The fraction of sp³-hybridized carbons (Fsp3) is 0.538. The van der Waals surface area contributed by atoms with Crippen molar-refractivity contribution >= 4 is 15.7 Å². The van der Waals surface area contributed by atoms with Gasteiger partial charge < -0.3 is 11.1 Å². The summed E-state index contributed by atoms with van der Waals surface area (Å²) >= 11 is 0. The van der Waals surface area contributed by atoms with Gasteiger partial charge in [0.15, 0.2) is 0 Å². The van der Waals surface area contributed by atoms with Gasteiger partial charge in [-0.3, -0.25) is 0 Å². The van der Waals surface area contributed by atoms with Crippen LogP contribution in [0.3, 0.4) is 0 Å². The molecule has 1 aromatic rings. The highest BCUT2D eigenvalue weighted by molar-refractivity contribution is 7.89. The van der Waals surface area contributed by atoms with Gasteiger partial charge in [0, 0.05) is 26.3 Å². The lowest BCUT2D eigenvalue weighted by atomic mass is 9.94. The Labute approximate surface area is 115 Å². The van der Waals surface area contributed by atoms with E-state index in [-0.39, 0.29) is 5.41 Å². The minimum atomic E-state index is -3.36. The van der Waals surface area contributed by atoms with Crippen LogP contribution >= 0.6 is 0 Å². The fourth-order valence-corrected chi connectivity index (χ4v) is 2.27. The Bertz CT molecular complexity index is 507. The molecule has 0 atom stereocenters. The van der Waals surface area contributed by atoms with Gasteiger partial charge in [-0.1, -0.05) is 13.8 Å². The highest BCUT2D eigenvalue weighted by Crippen LogP contribution is 2.18. The molecule has 3 N–H and O–H groups in total. The molecule has 19 heavy (non-hydrogen) atoms. The fourth-order valence-electron chi connectivity index (χ4n) is 1.37. The first-order valence-corrected chi connectivity index (χ1v) is 7.59. The zero-order valence-electron chi connectivity index (χ0n) is 12.0. The number of rotatable bonds is 6. The van der Waals surface area contributed by atoms with Gasteiger partial charge in [0.1, 0.15) is 0 Å². The quantitative estimate of drug-likeness (QED) is 0.827. The van der Waals surface area contributed by atoms with Gasteiger partial charge in [-0.15, -0.1) is 0 Å². The maximum atomic E-state index is 11.9. The Hall–Kier alpha value is -1.11. The van der Waals surface area contributed by atoms with E-state index >= 15 is 0 Å². The number of nitrogens with zero attached hydrogens (tertiary/aromatic N) is 1. The van der Waals surface area contributed by atoms with Gasteiger partial charge >= 0.3 is 0 Å². The molecular formula is C13H23N3O2S. The summed E-state index contributed by atoms with van der Waals surface area (Å²) in [5, 5.41) is 3.26. The Morgan fingerprint density at radius 3 is 2.16 bits per heavy atom. The van der Waals surface area contributed by atoms with Crippen molar-refractivity contribution in [3.05, 3.63) is 24.3 Å². The molecule has 6 heteroatoms. The van der Waals surface area contributed by atoms with Crippen molar-refractivity contribution in [1.82, 2.24) is 4.31 Å². The number of hydrogen-bond donors (Lipinski definition) is 2. The molecular weight excluding hydrogens is 262 g/mol. The standard InChI is InChI=1S/C13H23N3O2S/c1-13(2,9-14)10-15-11-5-7-12(8-6-11)19(17,18)16(3)4/h5-8,15H,9-10,14H2,1-4H3. The second-order valence-corrected chi connectivity index (χ2v) is 7.69. The van der Waals surface area contributed by atoms with Crippen molar-refractivity contribution in [3.8, 4) is 0 Å². The van der Waals surface area contributed by atoms with Crippen LogP contribution in [0.4, 0.5) is 5.69 Å². The average Bonchev–Trinajstić information content (AvgIpc) is 2.37. The van der Waals surface area contributed by atoms with Gasteiger partial charge in [0.05, 0.1) is 4.90 Å². The normalized spacial score (nSPS) is 12.7. The molecule has 0 fully saturated rings. The number of sulfonamides is 1. The molecule has 0 amide bonds. The smallest absolute Gasteiger partial charge is 0.242 e. The Kier molecular flexibility index (Phi) is 4.95. The van der Waals surface area contributed by atoms with Crippen molar-refractivity contribution in [3.63, 3.8) is 0 Å². The molecule has 5 nitrogen and oxygen atoms in total. The zero-order valence-corrected chi connectivity index (χ0v) is 12.8. The van der Waals surface area contributed by atoms with Crippen LogP contribution < -0.4 is 11.1 Å². The van der Waals surface area contributed by atoms with Crippen LogP contribution in [-0.2, 0) is 10.0 Å². The Morgan fingerprint density at radius 1 is 1.21 bits per heavy atom. The van der Waals surface area contributed by atoms with Crippen LogP contribution in [0, 0.1) is 5.41 Å². The number of benzene rings is 1. The highest BCUT2D eigenvalue weighted by Gasteiger charge is 2.17. The largest absolute Gasteiger partial charge is 0.384 e. The van der Waals surface area contributed by atoms with Crippen LogP contribution in [0.2, 0.25) is 0 Å². The molecule has 1 aromatic carbocycles. The molecule has 1 rings (SSSR count). The molecule has 0 bridgehead atoms. The van der Waals surface area contributed by atoms with Gasteiger partial charge in [0.2, 0.25) is 10.0 Å². The van der Waals surface area contributed by atoms with Crippen molar-refractivity contribution in [2.75, 3.05) is 32.5 Å². The first-order valence-electron chi connectivity index (χ1n) is 6.15. The van der Waals surface area contributed by atoms with E-state index < -0.39 is 10.0 Å². The van der Waals surface area contributed by atoms with Crippen LogP contribution in [0.15, 0.2) is 29.2 Å². The van der Waals surface area contributed by atoms with E-state index in [1.54, 1.807) is 24.3 Å². The second kappa shape index (κ2) is 5.90. The SMILES string of the molecule is CN(C)S(=O)(=O)c1ccc(NCC(C)(C)CN)cc1. The molecule has 108 valence electrons. The summed E-state index contributed by atoms with van der Waals surface area (Å²) in [6, 6.07) is 6.74. The van der Waals surface area contributed by atoms with Gasteiger partial charge in [-0.2, -0.15) is 0 Å². The molecule has 0 saturated carbocycles. The third-order valence-electron chi connectivity index (χ3n) is 2.96. The summed E-state index contributed by atoms with van der Waals surface area (Å²) < 4.78 is 25.0. The monoisotopic (exact) mass is 285 g/mol. The van der Waals surface area contributed by atoms with E-state index in [1.807, 2.05) is 0 Å². The molecule has 0 aliphatic rings. The van der Waals surface area contributed by atoms with E-state index in [1.165, 1.54) is 18.4 Å². The average molecular weight is 285 g/mol. The summed E-state index contributed by atoms with van der Waals surface area (Å²) in [4.78, 5) is 0.293. The predicted octanol–water partition coefficient (Wildman–Crippen LogP) is 1.33. The minimum Gasteiger partial charge on any atom is -0.384 e. The number of nitrogens with one attached hydrogen (secondary N) is 1. The van der Waals surface area contributed by atoms with Crippen molar-refractivity contribution in [2.45, 2.75) is 18.7 Å². The molecule has 0 unspecified atom stereocenters. The molecule has 0 spiro atoms. The van der Waals surface area contributed by atoms with E-state index in [0.29, 0.717) is 11.4 Å². The Morgan fingerprint density at radius 2 is 1.74 bits per heavy atom. The molecule has 0 heterocycles. The van der Waals surface area contributed by atoms with Crippen LogP contribution in [0.25, 0.3) is 0 Å². The summed E-state index contributed by atoms with van der Waals surface area (Å²) in [5.41, 5.74) is 6.56. The molecule has 0 aliphatic carbocycles. The van der Waals surface area contributed by atoms with Gasteiger partial charge in [-0.05, 0) is 36.2 Å². The highest BCUT2D eigenvalue weighted by atomic mass is 32.2. The van der Waals surface area contributed by atoms with Crippen LogP contribution in [0.1, 0.15) is 13.8 Å². The topological polar surface area (TPSA) is 75.4 Å². The van der Waals surface area contributed by atoms with E-state index in [0.717, 1.165) is 12.2 Å². The minimum absolute atomic E-state index is 0.00832. The van der Waals surface area contributed by atoms with E-state index in [2.05, 4.69) is 19.2 Å². The molecule has 0 aliphatic heterocycles. The zero-order chi connectivity index (χ0) is 14.7. The first kappa shape index (κ1) is 15.9. The molecule has 0 saturated heterocycles. The summed E-state index contributed by atoms with van der Waals surface area (Å²) in [6.45, 7) is 5.48. The third kappa shape index (κ3) is 4.19. The molecule has 0 radical (unpaired) electrons. The number of anilines is 1. The van der Waals surface area contributed by atoms with Crippen molar-refractivity contribution in [2.24, 2.45) is 11.1 Å². The summed E-state index contributed by atoms with van der Waals surface area (Å²) in [5.74, 6) is 0. The lowest BCUT2D eigenvalue weighted by Crippen LogP contribution is -2.31.